The zero-order chi connectivity index (χ0) is 15.8. The normalized spacial score (nSPS) is 12.4. The van der Waals surface area contributed by atoms with Crippen LogP contribution in [-0.2, 0) is 14.3 Å². The molecule has 0 bridgehead atoms. The number of nitrogens with one attached hydrogen (secondary N) is 2. The van der Waals surface area contributed by atoms with Gasteiger partial charge in [-0.2, -0.15) is 0 Å². The van der Waals surface area contributed by atoms with Crippen LogP contribution in [0.3, 0.4) is 0 Å². The van der Waals surface area contributed by atoms with Crippen molar-refractivity contribution in [3.05, 3.63) is 0 Å². The second-order valence-corrected chi connectivity index (χ2v) is 5.44. The van der Waals surface area contributed by atoms with E-state index in [0.717, 1.165) is 12.8 Å². The van der Waals surface area contributed by atoms with Crippen molar-refractivity contribution in [2.75, 3.05) is 6.54 Å². The van der Waals surface area contributed by atoms with Crippen molar-refractivity contribution in [2.45, 2.75) is 58.6 Å². The molecule has 0 aromatic carbocycles. The summed E-state index contributed by atoms with van der Waals surface area (Å²) in [7, 11) is 0. The summed E-state index contributed by atoms with van der Waals surface area (Å²) in [6.45, 7) is 7.49. The summed E-state index contributed by atoms with van der Waals surface area (Å²) in [6, 6.07) is -1.90. The Balaban J connectivity index is 4.33. The number of hydrogen-bond donors (Lipinski definition) is 3. The highest BCUT2D eigenvalue weighted by Crippen LogP contribution is 2.09. The van der Waals surface area contributed by atoms with Crippen LogP contribution in [0, 0.1) is 0 Å². The number of amides is 2. The van der Waals surface area contributed by atoms with E-state index in [2.05, 4.69) is 10.6 Å². The molecule has 0 rings (SSSR count). The van der Waals surface area contributed by atoms with E-state index < -0.39 is 36.0 Å². The van der Waals surface area contributed by atoms with Crippen molar-refractivity contribution in [3.63, 3.8) is 0 Å². The molecule has 0 aliphatic heterocycles. The van der Waals surface area contributed by atoms with E-state index in [4.69, 9.17) is 9.84 Å². The topological polar surface area (TPSA) is 105 Å². The van der Waals surface area contributed by atoms with Gasteiger partial charge in [0.25, 0.3) is 0 Å². The SMILES string of the molecule is CCCCNC(=O)N[C@@H](CC(=O)OC(C)(C)C)C(=O)O. The Bertz CT molecular complexity index is 349. The Morgan fingerprint density at radius 1 is 1.25 bits per heavy atom. The number of ether oxygens (including phenoxy) is 1. The van der Waals surface area contributed by atoms with Gasteiger partial charge in [-0.05, 0) is 27.2 Å². The van der Waals surface area contributed by atoms with E-state index in [1.807, 2.05) is 6.92 Å². The molecular weight excluding hydrogens is 264 g/mol. The lowest BCUT2D eigenvalue weighted by atomic mass is 10.1. The maximum atomic E-state index is 11.6. The van der Waals surface area contributed by atoms with Crippen LogP contribution >= 0.6 is 0 Å². The van der Waals surface area contributed by atoms with Gasteiger partial charge in [-0.1, -0.05) is 13.3 Å². The smallest absolute Gasteiger partial charge is 0.326 e. The lowest BCUT2D eigenvalue weighted by Gasteiger charge is -2.21. The van der Waals surface area contributed by atoms with Gasteiger partial charge in [-0.3, -0.25) is 4.79 Å². The summed E-state index contributed by atoms with van der Waals surface area (Å²) in [4.78, 5) is 34.0. The third-order valence-corrected chi connectivity index (χ3v) is 2.21. The monoisotopic (exact) mass is 288 g/mol. The van der Waals surface area contributed by atoms with Gasteiger partial charge in [0.2, 0.25) is 0 Å². The van der Waals surface area contributed by atoms with Gasteiger partial charge in [0, 0.05) is 6.54 Å². The number of carboxylic acid groups (broad SMARTS) is 1. The van der Waals surface area contributed by atoms with Crippen molar-refractivity contribution >= 4 is 18.0 Å². The molecule has 0 saturated heterocycles. The Morgan fingerprint density at radius 3 is 2.30 bits per heavy atom. The molecule has 20 heavy (non-hydrogen) atoms. The quantitative estimate of drug-likeness (QED) is 0.483. The fourth-order valence-corrected chi connectivity index (χ4v) is 1.34. The summed E-state index contributed by atoms with van der Waals surface area (Å²) < 4.78 is 5.02. The molecule has 7 heteroatoms. The van der Waals surface area contributed by atoms with Crippen molar-refractivity contribution in [1.29, 1.82) is 0 Å². The Labute approximate surface area is 119 Å². The van der Waals surface area contributed by atoms with Crippen molar-refractivity contribution in [3.8, 4) is 0 Å². The minimum atomic E-state index is -1.30. The fourth-order valence-electron chi connectivity index (χ4n) is 1.34. The average Bonchev–Trinajstić information content (AvgIpc) is 2.25. The summed E-state index contributed by atoms with van der Waals surface area (Å²) >= 11 is 0. The van der Waals surface area contributed by atoms with Gasteiger partial charge in [0.1, 0.15) is 11.6 Å². The number of carbonyl (C=O) groups is 3. The molecule has 0 aromatic heterocycles. The predicted molar refractivity (Wildman–Crippen MR) is 73.3 cm³/mol. The minimum Gasteiger partial charge on any atom is -0.480 e. The number of esters is 1. The highest BCUT2D eigenvalue weighted by atomic mass is 16.6. The van der Waals surface area contributed by atoms with Crippen LogP contribution in [0.25, 0.3) is 0 Å². The maximum absolute atomic E-state index is 11.6. The molecule has 0 aliphatic carbocycles. The number of carboxylic acids is 1. The van der Waals surface area contributed by atoms with E-state index in [9.17, 15) is 14.4 Å². The van der Waals surface area contributed by atoms with Crippen LogP contribution in [0.5, 0.6) is 0 Å². The first kappa shape index (κ1) is 18.2. The number of rotatable bonds is 7. The average molecular weight is 288 g/mol. The Morgan fingerprint density at radius 2 is 1.85 bits per heavy atom. The van der Waals surface area contributed by atoms with Crippen molar-refractivity contribution in [1.82, 2.24) is 10.6 Å². The summed E-state index contributed by atoms with van der Waals surface area (Å²) in [5.41, 5.74) is -0.691. The van der Waals surface area contributed by atoms with Crippen LogP contribution in [0.15, 0.2) is 0 Å². The Hall–Kier alpha value is -1.79. The number of aliphatic carboxylic acids is 1. The van der Waals surface area contributed by atoms with E-state index in [1.54, 1.807) is 20.8 Å². The molecule has 0 saturated carbocycles. The molecular formula is C13H24N2O5. The predicted octanol–water partition coefficient (Wildman–Crippen LogP) is 1.27. The molecule has 0 unspecified atom stereocenters. The summed E-state index contributed by atoms with van der Waals surface area (Å²) in [5.74, 6) is -1.94. The van der Waals surface area contributed by atoms with Crippen LogP contribution in [0.4, 0.5) is 4.79 Å². The molecule has 0 heterocycles. The fraction of sp³-hybridized carbons (Fsp3) is 0.769. The van der Waals surface area contributed by atoms with E-state index in [-0.39, 0.29) is 0 Å². The van der Waals surface area contributed by atoms with Gasteiger partial charge in [0.05, 0.1) is 6.42 Å². The largest absolute Gasteiger partial charge is 0.480 e. The number of unbranched alkanes of at least 4 members (excludes halogenated alkanes) is 1. The third kappa shape index (κ3) is 9.18. The zero-order valence-corrected chi connectivity index (χ0v) is 12.5. The maximum Gasteiger partial charge on any atom is 0.326 e. The lowest BCUT2D eigenvalue weighted by Crippen LogP contribution is -2.47. The number of carbonyl (C=O) groups excluding carboxylic acids is 2. The molecule has 7 nitrogen and oxygen atoms in total. The molecule has 0 aromatic rings. The van der Waals surface area contributed by atoms with Gasteiger partial charge in [0.15, 0.2) is 0 Å². The Kier molecular flexibility index (Phi) is 7.64. The van der Waals surface area contributed by atoms with Crippen LogP contribution in [0.2, 0.25) is 0 Å². The van der Waals surface area contributed by atoms with Gasteiger partial charge < -0.3 is 20.5 Å². The molecule has 3 N–H and O–H groups in total. The first-order valence-electron chi connectivity index (χ1n) is 6.64. The van der Waals surface area contributed by atoms with Gasteiger partial charge in [-0.15, -0.1) is 0 Å². The summed E-state index contributed by atoms with van der Waals surface area (Å²) in [6.07, 6.45) is 1.31. The zero-order valence-electron chi connectivity index (χ0n) is 12.5. The third-order valence-electron chi connectivity index (χ3n) is 2.21. The molecule has 0 fully saturated rings. The van der Waals surface area contributed by atoms with E-state index >= 15 is 0 Å². The van der Waals surface area contributed by atoms with E-state index in [0.29, 0.717) is 6.54 Å². The molecule has 116 valence electrons. The molecule has 0 aliphatic rings. The molecule has 0 radical (unpaired) electrons. The summed E-state index contributed by atoms with van der Waals surface area (Å²) in [5, 5.41) is 13.8. The first-order valence-corrected chi connectivity index (χ1v) is 6.64. The van der Waals surface area contributed by atoms with Crippen molar-refractivity contribution < 1.29 is 24.2 Å². The van der Waals surface area contributed by atoms with E-state index in [1.165, 1.54) is 0 Å². The number of hydrogen-bond acceptors (Lipinski definition) is 4. The second kappa shape index (κ2) is 8.39. The van der Waals surface area contributed by atoms with Crippen LogP contribution in [0.1, 0.15) is 47.0 Å². The van der Waals surface area contributed by atoms with Gasteiger partial charge >= 0.3 is 18.0 Å². The second-order valence-electron chi connectivity index (χ2n) is 5.44. The molecule has 0 spiro atoms. The highest BCUT2D eigenvalue weighted by Gasteiger charge is 2.26. The van der Waals surface area contributed by atoms with Crippen molar-refractivity contribution in [2.24, 2.45) is 0 Å². The number of urea groups is 1. The van der Waals surface area contributed by atoms with Crippen LogP contribution < -0.4 is 10.6 Å². The highest BCUT2D eigenvalue weighted by molar-refractivity contribution is 5.86. The minimum absolute atomic E-state index is 0.409. The molecule has 2 amide bonds. The van der Waals surface area contributed by atoms with Crippen LogP contribution in [-0.4, -0.2) is 41.3 Å². The first-order chi connectivity index (χ1) is 9.15. The van der Waals surface area contributed by atoms with Gasteiger partial charge in [-0.25, -0.2) is 9.59 Å². The standard InChI is InChI=1S/C13H24N2O5/c1-5-6-7-14-12(19)15-9(11(17)18)8-10(16)20-13(2,3)4/h9H,5-8H2,1-4H3,(H,17,18)(H2,14,15,19)/t9-/m0/s1. The molecule has 1 atom stereocenters. The lowest BCUT2D eigenvalue weighted by molar-refractivity contribution is -0.158.